The van der Waals surface area contributed by atoms with Crippen LogP contribution in [0.1, 0.15) is 25.8 Å². The second-order valence-corrected chi connectivity index (χ2v) is 8.10. The fourth-order valence-electron chi connectivity index (χ4n) is 2.36. The Morgan fingerprint density at radius 3 is 2.31 bits per heavy atom. The standard InChI is InChI=1S/C21H28O7S/c1-4-12-25-13-14-26-18-8-10-19(11-9-18)27-21(17(3)22)28-29(23,24)20-7-5-6-16(2)15-20/h5-11,15,17,21-22H,4,12-14H2,1-3H3. The molecule has 0 saturated heterocycles. The van der Waals surface area contributed by atoms with E-state index < -0.39 is 22.5 Å². The minimum absolute atomic E-state index is 0.000731. The van der Waals surface area contributed by atoms with Gasteiger partial charge in [-0.2, -0.15) is 8.42 Å². The highest BCUT2D eigenvalue weighted by Gasteiger charge is 2.27. The van der Waals surface area contributed by atoms with E-state index in [0.29, 0.717) is 31.3 Å². The first-order chi connectivity index (χ1) is 13.8. The maximum absolute atomic E-state index is 12.5. The largest absolute Gasteiger partial charge is 0.491 e. The summed E-state index contributed by atoms with van der Waals surface area (Å²) in [7, 11) is -4.10. The molecule has 2 aromatic rings. The molecular formula is C21H28O7S. The van der Waals surface area contributed by atoms with Gasteiger partial charge in [0.15, 0.2) is 0 Å². The van der Waals surface area contributed by atoms with Crippen LogP contribution >= 0.6 is 0 Å². The molecule has 1 N–H and O–H groups in total. The minimum Gasteiger partial charge on any atom is -0.491 e. The van der Waals surface area contributed by atoms with E-state index in [2.05, 4.69) is 0 Å². The number of hydrogen-bond donors (Lipinski definition) is 1. The van der Waals surface area contributed by atoms with Crippen LogP contribution < -0.4 is 9.47 Å². The molecule has 0 aliphatic heterocycles. The molecular weight excluding hydrogens is 396 g/mol. The lowest BCUT2D eigenvalue weighted by atomic mass is 10.2. The van der Waals surface area contributed by atoms with Crippen LogP contribution in [0.4, 0.5) is 0 Å². The highest BCUT2D eigenvalue weighted by molar-refractivity contribution is 7.86. The van der Waals surface area contributed by atoms with Gasteiger partial charge in [0.05, 0.1) is 11.5 Å². The Labute approximate surface area is 172 Å². The molecule has 0 spiro atoms. The van der Waals surface area contributed by atoms with E-state index in [9.17, 15) is 13.5 Å². The zero-order valence-corrected chi connectivity index (χ0v) is 17.7. The van der Waals surface area contributed by atoms with Gasteiger partial charge in [0.25, 0.3) is 10.1 Å². The van der Waals surface area contributed by atoms with Crippen molar-refractivity contribution in [1.29, 1.82) is 0 Å². The summed E-state index contributed by atoms with van der Waals surface area (Å²) >= 11 is 0. The zero-order valence-electron chi connectivity index (χ0n) is 16.9. The molecule has 0 aromatic heterocycles. The summed E-state index contributed by atoms with van der Waals surface area (Å²) in [5.41, 5.74) is 0.778. The summed E-state index contributed by atoms with van der Waals surface area (Å²) in [5, 5.41) is 9.93. The molecule has 29 heavy (non-hydrogen) atoms. The van der Waals surface area contributed by atoms with Crippen molar-refractivity contribution in [2.24, 2.45) is 0 Å². The maximum atomic E-state index is 12.5. The van der Waals surface area contributed by atoms with Gasteiger partial charge in [-0.1, -0.05) is 19.1 Å². The van der Waals surface area contributed by atoms with Crippen LogP contribution in [0, 0.1) is 6.92 Å². The molecule has 0 fully saturated rings. The van der Waals surface area contributed by atoms with E-state index in [1.54, 1.807) is 43.3 Å². The zero-order chi connectivity index (χ0) is 21.3. The van der Waals surface area contributed by atoms with E-state index in [1.807, 2.05) is 6.92 Å². The van der Waals surface area contributed by atoms with E-state index in [4.69, 9.17) is 18.4 Å². The summed E-state index contributed by atoms with van der Waals surface area (Å²) < 4.78 is 46.6. The number of ether oxygens (including phenoxy) is 3. The lowest BCUT2D eigenvalue weighted by molar-refractivity contribution is -0.0741. The first-order valence-electron chi connectivity index (χ1n) is 9.47. The fourth-order valence-corrected chi connectivity index (χ4v) is 3.50. The van der Waals surface area contributed by atoms with E-state index in [1.165, 1.54) is 19.1 Å². The lowest BCUT2D eigenvalue weighted by Gasteiger charge is -2.21. The topological polar surface area (TPSA) is 91.3 Å². The normalized spacial score (nSPS) is 13.7. The van der Waals surface area contributed by atoms with Crippen LogP contribution in [-0.4, -0.2) is 45.7 Å². The Hall–Kier alpha value is -2.13. The monoisotopic (exact) mass is 424 g/mol. The van der Waals surface area contributed by atoms with Crippen LogP contribution in [0.25, 0.3) is 0 Å². The molecule has 0 radical (unpaired) electrons. The third-order valence-electron chi connectivity index (χ3n) is 3.81. The van der Waals surface area contributed by atoms with Gasteiger partial charge in [-0.05, 0) is 62.2 Å². The number of aliphatic hydroxyl groups excluding tert-OH is 1. The van der Waals surface area contributed by atoms with Crippen molar-refractivity contribution in [2.45, 2.75) is 44.5 Å². The van der Waals surface area contributed by atoms with E-state index in [-0.39, 0.29) is 4.90 Å². The maximum Gasteiger partial charge on any atom is 0.300 e. The second kappa shape index (κ2) is 11.2. The summed E-state index contributed by atoms with van der Waals surface area (Å²) in [6.07, 6.45) is -1.62. The molecule has 8 heteroatoms. The number of hydrogen-bond acceptors (Lipinski definition) is 7. The smallest absolute Gasteiger partial charge is 0.300 e. The Kier molecular flexibility index (Phi) is 8.91. The predicted octanol–water partition coefficient (Wildman–Crippen LogP) is 3.29. The van der Waals surface area contributed by atoms with Crippen molar-refractivity contribution < 1.29 is 31.9 Å². The average Bonchev–Trinajstić information content (AvgIpc) is 2.68. The van der Waals surface area contributed by atoms with Gasteiger partial charge in [0.1, 0.15) is 24.2 Å². The van der Waals surface area contributed by atoms with Gasteiger partial charge in [-0.15, -0.1) is 0 Å². The molecule has 0 heterocycles. The molecule has 2 unspecified atom stereocenters. The highest BCUT2D eigenvalue weighted by Crippen LogP contribution is 2.22. The van der Waals surface area contributed by atoms with Gasteiger partial charge >= 0.3 is 0 Å². The third-order valence-corrected chi connectivity index (χ3v) is 5.09. The fraction of sp³-hybridized carbons (Fsp3) is 0.429. The Morgan fingerprint density at radius 1 is 1.00 bits per heavy atom. The second-order valence-electron chi connectivity index (χ2n) is 6.53. The number of aliphatic hydroxyl groups is 1. The van der Waals surface area contributed by atoms with E-state index in [0.717, 1.165) is 12.0 Å². The molecule has 2 atom stereocenters. The van der Waals surface area contributed by atoms with Crippen molar-refractivity contribution in [3.8, 4) is 11.5 Å². The highest BCUT2D eigenvalue weighted by atomic mass is 32.2. The lowest BCUT2D eigenvalue weighted by Crippen LogP contribution is -2.34. The van der Waals surface area contributed by atoms with Gasteiger partial charge in [-0.3, -0.25) is 0 Å². The number of rotatable bonds is 12. The molecule has 0 aliphatic rings. The van der Waals surface area contributed by atoms with Crippen molar-refractivity contribution in [3.63, 3.8) is 0 Å². The van der Waals surface area contributed by atoms with Gasteiger partial charge < -0.3 is 19.3 Å². The van der Waals surface area contributed by atoms with E-state index >= 15 is 0 Å². The molecule has 7 nitrogen and oxygen atoms in total. The van der Waals surface area contributed by atoms with Gasteiger partial charge in [0.2, 0.25) is 6.29 Å². The van der Waals surface area contributed by atoms with Crippen LogP contribution in [-0.2, 0) is 19.0 Å². The van der Waals surface area contributed by atoms with Gasteiger partial charge in [-0.25, -0.2) is 4.18 Å². The van der Waals surface area contributed by atoms with Crippen LogP contribution in [0.2, 0.25) is 0 Å². The molecule has 0 bridgehead atoms. The first-order valence-corrected chi connectivity index (χ1v) is 10.9. The minimum atomic E-state index is -4.10. The molecule has 0 amide bonds. The number of aryl methyl sites for hydroxylation is 1. The van der Waals surface area contributed by atoms with Crippen molar-refractivity contribution >= 4 is 10.1 Å². The Bertz CT molecular complexity index is 848. The predicted molar refractivity (Wildman–Crippen MR) is 109 cm³/mol. The Morgan fingerprint density at radius 2 is 1.69 bits per heavy atom. The van der Waals surface area contributed by atoms with Gasteiger partial charge in [0, 0.05) is 6.61 Å². The Balaban J connectivity index is 1.98. The molecule has 2 rings (SSSR count). The van der Waals surface area contributed by atoms with Crippen molar-refractivity contribution in [1.82, 2.24) is 0 Å². The average molecular weight is 425 g/mol. The summed E-state index contributed by atoms with van der Waals surface area (Å²) in [5.74, 6) is 0.962. The quantitative estimate of drug-likeness (QED) is 0.318. The number of benzene rings is 2. The van der Waals surface area contributed by atoms with Crippen molar-refractivity contribution in [3.05, 3.63) is 54.1 Å². The SMILES string of the molecule is CCCOCCOc1ccc(OC(OS(=O)(=O)c2cccc(C)c2)C(C)O)cc1. The van der Waals surface area contributed by atoms with Crippen LogP contribution in [0.5, 0.6) is 11.5 Å². The molecule has 2 aromatic carbocycles. The molecule has 160 valence electrons. The summed E-state index contributed by atoms with van der Waals surface area (Å²) in [6.45, 7) is 6.83. The van der Waals surface area contributed by atoms with Crippen molar-refractivity contribution in [2.75, 3.05) is 19.8 Å². The third kappa shape index (κ3) is 7.66. The first kappa shape index (κ1) is 23.2. The molecule has 0 saturated carbocycles. The summed E-state index contributed by atoms with van der Waals surface area (Å²) in [6, 6.07) is 12.9. The molecule has 0 aliphatic carbocycles. The summed E-state index contributed by atoms with van der Waals surface area (Å²) in [4.78, 5) is 0.000731. The van der Waals surface area contributed by atoms with Crippen LogP contribution in [0.15, 0.2) is 53.4 Å². The van der Waals surface area contributed by atoms with Crippen LogP contribution in [0.3, 0.4) is 0 Å².